The number of likely N-dealkylation sites (N-methyl/N-ethyl adjacent to an activating group) is 1. The van der Waals surface area contributed by atoms with E-state index in [1.165, 1.54) is 24.0 Å². The summed E-state index contributed by atoms with van der Waals surface area (Å²) in [5.41, 5.74) is 2.75. The molecule has 1 unspecified atom stereocenters. The highest BCUT2D eigenvalue weighted by atomic mass is 16.5. The Balaban J connectivity index is 1.91. The van der Waals surface area contributed by atoms with Gasteiger partial charge in [-0.1, -0.05) is 31.2 Å². The zero-order valence-electron chi connectivity index (χ0n) is 12.2. The van der Waals surface area contributed by atoms with Gasteiger partial charge in [0.05, 0.1) is 6.10 Å². The highest BCUT2D eigenvalue weighted by Gasteiger charge is 2.18. The van der Waals surface area contributed by atoms with Gasteiger partial charge < -0.3 is 10.1 Å². The van der Waals surface area contributed by atoms with Crippen molar-refractivity contribution in [3.63, 3.8) is 0 Å². The lowest BCUT2D eigenvalue weighted by molar-refractivity contribution is 0.0725. The Hall–Kier alpha value is -0.900. The van der Waals surface area contributed by atoms with Gasteiger partial charge in [-0.3, -0.25) is 4.90 Å². The zero-order chi connectivity index (χ0) is 13.5. The Kier molecular flexibility index (Phi) is 5.83. The number of hydrogen-bond donors (Lipinski definition) is 1. The van der Waals surface area contributed by atoms with Gasteiger partial charge in [0.25, 0.3) is 0 Å². The van der Waals surface area contributed by atoms with Gasteiger partial charge in [-0.15, -0.1) is 0 Å². The van der Waals surface area contributed by atoms with Crippen LogP contribution in [0.25, 0.3) is 0 Å². The van der Waals surface area contributed by atoms with Gasteiger partial charge in [0.15, 0.2) is 0 Å². The van der Waals surface area contributed by atoms with Crippen LogP contribution in [-0.4, -0.2) is 37.7 Å². The van der Waals surface area contributed by atoms with Crippen LogP contribution >= 0.6 is 0 Å². The van der Waals surface area contributed by atoms with Crippen LogP contribution in [0, 0.1) is 0 Å². The summed E-state index contributed by atoms with van der Waals surface area (Å²) in [6.07, 6.45) is 2.89. The van der Waals surface area contributed by atoms with E-state index >= 15 is 0 Å². The molecule has 0 aromatic heterocycles. The molecule has 0 bridgehead atoms. The van der Waals surface area contributed by atoms with Crippen molar-refractivity contribution in [1.82, 2.24) is 10.2 Å². The van der Waals surface area contributed by atoms with Gasteiger partial charge in [-0.25, -0.2) is 0 Å². The summed E-state index contributed by atoms with van der Waals surface area (Å²) in [5, 5.41) is 3.20. The largest absolute Gasteiger partial charge is 0.377 e. The van der Waals surface area contributed by atoms with Crippen LogP contribution < -0.4 is 5.32 Å². The molecule has 1 aliphatic heterocycles. The number of ether oxygens (including phenoxy) is 1. The van der Waals surface area contributed by atoms with Crippen LogP contribution in [0.5, 0.6) is 0 Å². The van der Waals surface area contributed by atoms with Crippen LogP contribution in [0.3, 0.4) is 0 Å². The van der Waals surface area contributed by atoms with E-state index in [-0.39, 0.29) is 0 Å². The summed E-state index contributed by atoms with van der Waals surface area (Å²) < 4.78 is 5.73. The topological polar surface area (TPSA) is 24.5 Å². The normalized spacial score (nSPS) is 19.2. The smallest absolute Gasteiger partial charge is 0.0702 e. The first kappa shape index (κ1) is 14.5. The van der Waals surface area contributed by atoms with Crippen molar-refractivity contribution in [2.45, 2.75) is 39.0 Å². The summed E-state index contributed by atoms with van der Waals surface area (Å²) in [4.78, 5) is 2.48. The maximum Gasteiger partial charge on any atom is 0.0702 e. The minimum Gasteiger partial charge on any atom is -0.377 e. The third-order valence-corrected chi connectivity index (χ3v) is 3.71. The molecule has 19 heavy (non-hydrogen) atoms. The average Bonchev–Trinajstić information content (AvgIpc) is 2.92. The monoisotopic (exact) mass is 262 g/mol. The molecule has 1 atom stereocenters. The maximum atomic E-state index is 5.73. The molecule has 1 aromatic rings. The number of nitrogens with zero attached hydrogens (tertiary/aromatic N) is 1. The fraction of sp³-hybridized carbons (Fsp3) is 0.625. The summed E-state index contributed by atoms with van der Waals surface area (Å²) >= 11 is 0. The first-order valence-corrected chi connectivity index (χ1v) is 7.38. The molecule has 0 spiro atoms. The lowest BCUT2D eigenvalue weighted by Gasteiger charge is -2.24. The van der Waals surface area contributed by atoms with Crippen molar-refractivity contribution in [3.05, 3.63) is 35.4 Å². The van der Waals surface area contributed by atoms with Gasteiger partial charge >= 0.3 is 0 Å². The predicted molar refractivity (Wildman–Crippen MR) is 79.1 cm³/mol. The molecular weight excluding hydrogens is 236 g/mol. The third kappa shape index (κ3) is 4.60. The van der Waals surface area contributed by atoms with Gasteiger partial charge in [-0.05, 0) is 37.6 Å². The Bertz CT molecular complexity index is 375. The van der Waals surface area contributed by atoms with Gasteiger partial charge in [0.1, 0.15) is 0 Å². The number of hydrogen-bond acceptors (Lipinski definition) is 3. The average molecular weight is 262 g/mol. The molecule has 1 aromatic carbocycles. The number of rotatable bonds is 7. The molecule has 106 valence electrons. The zero-order valence-corrected chi connectivity index (χ0v) is 12.2. The first-order valence-electron chi connectivity index (χ1n) is 7.38. The summed E-state index contributed by atoms with van der Waals surface area (Å²) in [6.45, 7) is 7.27. The van der Waals surface area contributed by atoms with Crippen molar-refractivity contribution in [2.75, 3.05) is 26.7 Å². The van der Waals surface area contributed by atoms with E-state index in [0.717, 1.165) is 32.8 Å². The van der Waals surface area contributed by atoms with Crippen molar-refractivity contribution >= 4 is 0 Å². The van der Waals surface area contributed by atoms with Crippen LogP contribution in [0.15, 0.2) is 24.3 Å². The minimum absolute atomic E-state index is 0.445. The van der Waals surface area contributed by atoms with Crippen molar-refractivity contribution in [1.29, 1.82) is 0 Å². The molecule has 1 saturated heterocycles. The van der Waals surface area contributed by atoms with Gasteiger partial charge in [0.2, 0.25) is 0 Å². The fourth-order valence-electron chi connectivity index (χ4n) is 2.68. The Morgan fingerprint density at radius 3 is 2.89 bits per heavy atom. The summed E-state index contributed by atoms with van der Waals surface area (Å²) in [6, 6.07) is 8.85. The molecule has 1 fully saturated rings. The molecule has 0 radical (unpaired) electrons. The number of benzene rings is 1. The molecule has 3 heteroatoms. The standard InChI is InChI=1S/C16H26N2O/c1-3-18(13-16-8-5-9-19-16)12-15-7-4-6-14(10-15)11-17-2/h4,6-7,10,16-17H,3,5,8-9,11-13H2,1-2H3. The molecule has 1 N–H and O–H groups in total. The molecular formula is C16H26N2O. The summed E-state index contributed by atoms with van der Waals surface area (Å²) in [7, 11) is 1.99. The Morgan fingerprint density at radius 2 is 2.21 bits per heavy atom. The van der Waals surface area contributed by atoms with Crippen LogP contribution in [0.1, 0.15) is 30.9 Å². The maximum absolute atomic E-state index is 5.73. The fourth-order valence-corrected chi connectivity index (χ4v) is 2.68. The van der Waals surface area contributed by atoms with E-state index in [9.17, 15) is 0 Å². The highest BCUT2D eigenvalue weighted by Crippen LogP contribution is 2.15. The molecule has 0 amide bonds. The lowest BCUT2D eigenvalue weighted by atomic mass is 10.1. The molecule has 1 heterocycles. The first-order chi connectivity index (χ1) is 9.31. The van der Waals surface area contributed by atoms with Crippen LogP contribution in [0.4, 0.5) is 0 Å². The predicted octanol–water partition coefficient (Wildman–Crippen LogP) is 2.41. The third-order valence-electron chi connectivity index (χ3n) is 3.71. The SMILES string of the molecule is CCN(Cc1cccc(CNC)c1)CC1CCCO1. The van der Waals surface area contributed by atoms with E-state index in [4.69, 9.17) is 4.74 Å². The van der Waals surface area contributed by atoms with Crippen LogP contribution in [-0.2, 0) is 17.8 Å². The number of nitrogens with one attached hydrogen (secondary N) is 1. The van der Waals surface area contributed by atoms with E-state index in [0.29, 0.717) is 6.10 Å². The van der Waals surface area contributed by atoms with Crippen molar-refractivity contribution < 1.29 is 4.74 Å². The quantitative estimate of drug-likeness (QED) is 0.816. The van der Waals surface area contributed by atoms with Crippen LogP contribution in [0.2, 0.25) is 0 Å². The Morgan fingerprint density at radius 1 is 1.37 bits per heavy atom. The molecule has 0 aliphatic carbocycles. The lowest BCUT2D eigenvalue weighted by Crippen LogP contribution is -2.31. The second kappa shape index (κ2) is 7.63. The van der Waals surface area contributed by atoms with Crippen molar-refractivity contribution in [2.24, 2.45) is 0 Å². The van der Waals surface area contributed by atoms with E-state index < -0.39 is 0 Å². The van der Waals surface area contributed by atoms with Gasteiger partial charge in [0, 0.05) is 26.2 Å². The molecule has 0 saturated carbocycles. The molecule has 1 aliphatic rings. The van der Waals surface area contributed by atoms with E-state index in [1.807, 2.05) is 7.05 Å². The van der Waals surface area contributed by atoms with Gasteiger partial charge in [-0.2, -0.15) is 0 Å². The molecule has 2 rings (SSSR count). The minimum atomic E-state index is 0.445. The second-order valence-corrected chi connectivity index (χ2v) is 5.31. The highest BCUT2D eigenvalue weighted by molar-refractivity contribution is 5.23. The second-order valence-electron chi connectivity index (χ2n) is 5.31. The van der Waals surface area contributed by atoms with Crippen molar-refractivity contribution in [3.8, 4) is 0 Å². The Labute approximate surface area is 116 Å². The summed E-state index contributed by atoms with van der Waals surface area (Å²) in [5.74, 6) is 0. The van der Waals surface area contributed by atoms with E-state index in [2.05, 4.69) is 41.4 Å². The van der Waals surface area contributed by atoms with E-state index in [1.54, 1.807) is 0 Å². The molecule has 3 nitrogen and oxygen atoms in total.